The molecule has 110 valence electrons. The number of anilines is 3. The molecule has 2 rings (SSSR count). The van der Waals surface area contributed by atoms with Crippen molar-refractivity contribution < 1.29 is 4.92 Å². The number of hydrogen-bond donors (Lipinski definition) is 2. The highest BCUT2D eigenvalue weighted by atomic mass is 16.6. The van der Waals surface area contributed by atoms with Crippen LogP contribution in [-0.4, -0.2) is 26.4 Å². The Hall–Kier alpha value is -2.77. The van der Waals surface area contributed by atoms with E-state index in [0.717, 1.165) is 12.1 Å². The number of aromatic nitrogens is 3. The van der Waals surface area contributed by atoms with Gasteiger partial charge < -0.3 is 10.6 Å². The fourth-order valence-electron chi connectivity index (χ4n) is 1.75. The van der Waals surface area contributed by atoms with Gasteiger partial charge in [0.25, 0.3) is 0 Å². The first-order valence-corrected chi connectivity index (χ1v) is 6.55. The average molecular weight is 288 g/mol. The first kappa shape index (κ1) is 14.6. The Morgan fingerprint density at radius 3 is 2.71 bits per heavy atom. The SMILES string of the molecule is CCCNc1ncnc(Nc2cccc(C)n2)c1[N+](=O)[O-]. The van der Waals surface area contributed by atoms with Crippen LogP contribution in [0.1, 0.15) is 19.0 Å². The molecule has 2 heterocycles. The Morgan fingerprint density at radius 2 is 2.05 bits per heavy atom. The van der Waals surface area contributed by atoms with Crippen LogP contribution in [0.15, 0.2) is 24.5 Å². The van der Waals surface area contributed by atoms with Crippen molar-refractivity contribution in [2.75, 3.05) is 17.2 Å². The minimum Gasteiger partial charge on any atom is -0.364 e. The third-order valence-electron chi connectivity index (χ3n) is 2.68. The van der Waals surface area contributed by atoms with Crippen LogP contribution in [0.25, 0.3) is 0 Å². The summed E-state index contributed by atoms with van der Waals surface area (Å²) in [5, 5.41) is 17.1. The van der Waals surface area contributed by atoms with Gasteiger partial charge in [-0.2, -0.15) is 0 Å². The average Bonchev–Trinajstić information content (AvgIpc) is 2.45. The monoisotopic (exact) mass is 288 g/mol. The van der Waals surface area contributed by atoms with Crippen LogP contribution in [-0.2, 0) is 0 Å². The smallest absolute Gasteiger partial charge is 0.353 e. The van der Waals surface area contributed by atoms with E-state index in [1.165, 1.54) is 6.33 Å². The summed E-state index contributed by atoms with van der Waals surface area (Å²) in [6.07, 6.45) is 2.12. The molecule has 0 radical (unpaired) electrons. The van der Waals surface area contributed by atoms with Crippen molar-refractivity contribution in [1.82, 2.24) is 15.0 Å². The third kappa shape index (κ3) is 3.62. The summed E-state index contributed by atoms with van der Waals surface area (Å²) in [6.45, 7) is 4.41. The molecule has 0 saturated carbocycles. The predicted octanol–water partition coefficient (Wildman–Crippen LogP) is 2.65. The highest BCUT2D eigenvalue weighted by Gasteiger charge is 2.23. The topological polar surface area (TPSA) is 106 Å². The Kier molecular flexibility index (Phi) is 4.60. The van der Waals surface area contributed by atoms with Crippen LogP contribution in [0.4, 0.5) is 23.1 Å². The van der Waals surface area contributed by atoms with E-state index in [4.69, 9.17) is 0 Å². The van der Waals surface area contributed by atoms with Crippen LogP contribution in [0.3, 0.4) is 0 Å². The maximum absolute atomic E-state index is 11.3. The minimum absolute atomic E-state index is 0.117. The van der Waals surface area contributed by atoms with Gasteiger partial charge in [0.15, 0.2) is 0 Å². The molecule has 2 aromatic heterocycles. The van der Waals surface area contributed by atoms with Crippen molar-refractivity contribution in [2.45, 2.75) is 20.3 Å². The molecule has 21 heavy (non-hydrogen) atoms. The lowest BCUT2D eigenvalue weighted by molar-refractivity contribution is -0.383. The molecule has 0 aliphatic carbocycles. The van der Waals surface area contributed by atoms with Gasteiger partial charge in [-0.1, -0.05) is 13.0 Å². The molecule has 0 atom stereocenters. The second-order valence-electron chi connectivity index (χ2n) is 4.39. The van der Waals surface area contributed by atoms with Crippen molar-refractivity contribution in [3.05, 3.63) is 40.3 Å². The number of aryl methyl sites for hydroxylation is 1. The standard InChI is InChI=1S/C13H16N6O2/c1-3-7-14-12-11(19(20)21)13(16-8-15-12)18-10-6-4-5-9(2)17-10/h4-6,8H,3,7H2,1-2H3,(H2,14,15,16,17,18). The minimum atomic E-state index is -0.504. The van der Waals surface area contributed by atoms with Crippen molar-refractivity contribution in [1.29, 1.82) is 0 Å². The molecule has 0 amide bonds. The maximum atomic E-state index is 11.3. The van der Waals surface area contributed by atoms with Crippen molar-refractivity contribution in [3.63, 3.8) is 0 Å². The highest BCUT2D eigenvalue weighted by molar-refractivity contribution is 5.72. The van der Waals surface area contributed by atoms with Crippen LogP contribution in [0.5, 0.6) is 0 Å². The molecular formula is C13H16N6O2. The van der Waals surface area contributed by atoms with Gasteiger partial charge in [-0.3, -0.25) is 10.1 Å². The van der Waals surface area contributed by atoms with Crippen LogP contribution in [0, 0.1) is 17.0 Å². The molecule has 8 nitrogen and oxygen atoms in total. The second kappa shape index (κ2) is 6.60. The van der Waals surface area contributed by atoms with Gasteiger partial charge >= 0.3 is 5.69 Å². The zero-order chi connectivity index (χ0) is 15.2. The summed E-state index contributed by atoms with van der Waals surface area (Å²) >= 11 is 0. The number of hydrogen-bond acceptors (Lipinski definition) is 7. The molecular weight excluding hydrogens is 272 g/mol. The Labute approximate surface area is 121 Å². The molecule has 2 aromatic rings. The predicted molar refractivity (Wildman–Crippen MR) is 79.7 cm³/mol. The molecule has 0 bridgehead atoms. The molecule has 0 saturated heterocycles. The highest BCUT2D eigenvalue weighted by Crippen LogP contribution is 2.30. The lowest BCUT2D eigenvalue weighted by atomic mass is 10.3. The van der Waals surface area contributed by atoms with Gasteiger partial charge in [0, 0.05) is 12.2 Å². The van der Waals surface area contributed by atoms with Crippen LogP contribution >= 0.6 is 0 Å². The number of nitrogens with one attached hydrogen (secondary N) is 2. The van der Waals surface area contributed by atoms with Crippen molar-refractivity contribution in [2.24, 2.45) is 0 Å². The normalized spacial score (nSPS) is 10.2. The molecule has 0 spiro atoms. The van der Waals surface area contributed by atoms with E-state index in [2.05, 4.69) is 25.6 Å². The number of rotatable bonds is 6. The zero-order valence-electron chi connectivity index (χ0n) is 11.8. The molecule has 8 heteroatoms. The number of pyridine rings is 1. The number of nitro groups is 1. The van der Waals surface area contributed by atoms with Gasteiger partial charge in [0.05, 0.1) is 4.92 Å². The first-order chi connectivity index (χ1) is 10.1. The summed E-state index contributed by atoms with van der Waals surface area (Å²) in [5.41, 5.74) is 0.621. The van der Waals surface area contributed by atoms with Gasteiger partial charge in [-0.15, -0.1) is 0 Å². The summed E-state index contributed by atoms with van der Waals surface area (Å²) < 4.78 is 0. The van der Waals surface area contributed by atoms with Crippen LogP contribution < -0.4 is 10.6 Å². The van der Waals surface area contributed by atoms with E-state index >= 15 is 0 Å². The fraction of sp³-hybridized carbons (Fsp3) is 0.308. The number of nitrogens with zero attached hydrogens (tertiary/aromatic N) is 4. The van der Waals surface area contributed by atoms with E-state index in [-0.39, 0.29) is 17.3 Å². The van der Waals surface area contributed by atoms with Crippen molar-refractivity contribution in [3.8, 4) is 0 Å². The molecule has 2 N–H and O–H groups in total. The Bertz CT molecular complexity index is 646. The second-order valence-corrected chi connectivity index (χ2v) is 4.39. The van der Waals surface area contributed by atoms with Crippen LogP contribution in [0.2, 0.25) is 0 Å². The van der Waals surface area contributed by atoms with Gasteiger partial charge in [0.1, 0.15) is 12.1 Å². The van der Waals surface area contributed by atoms with Crippen molar-refractivity contribution >= 4 is 23.1 Å². The molecule has 0 unspecified atom stereocenters. The summed E-state index contributed by atoms with van der Waals surface area (Å²) in [4.78, 5) is 22.9. The van der Waals surface area contributed by atoms with E-state index in [1.807, 2.05) is 26.0 Å². The lowest BCUT2D eigenvalue weighted by Crippen LogP contribution is -2.09. The lowest BCUT2D eigenvalue weighted by Gasteiger charge is -2.09. The van der Waals surface area contributed by atoms with E-state index in [0.29, 0.717) is 12.4 Å². The largest absolute Gasteiger partial charge is 0.364 e. The molecule has 0 aromatic carbocycles. The quantitative estimate of drug-likeness (QED) is 0.621. The molecule has 0 aliphatic heterocycles. The van der Waals surface area contributed by atoms with Gasteiger partial charge in [-0.25, -0.2) is 15.0 Å². The van der Waals surface area contributed by atoms with E-state index in [1.54, 1.807) is 6.07 Å². The van der Waals surface area contributed by atoms with E-state index in [9.17, 15) is 10.1 Å². The molecule has 0 aliphatic rings. The molecule has 0 fully saturated rings. The maximum Gasteiger partial charge on any atom is 0.353 e. The van der Waals surface area contributed by atoms with E-state index < -0.39 is 4.92 Å². The Morgan fingerprint density at radius 1 is 1.29 bits per heavy atom. The summed E-state index contributed by atoms with van der Waals surface area (Å²) in [5.74, 6) is 0.817. The van der Waals surface area contributed by atoms with Gasteiger partial charge in [-0.05, 0) is 25.5 Å². The third-order valence-corrected chi connectivity index (χ3v) is 2.68. The Balaban J connectivity index is 2.36. The zero-order valence-corrected chi connectivity index (χ0v) is 11.8. The first-order valence-electron chi connectivity index (χ1n) is 6.55. The summed E-state index contributed by atoms with van der Waals surface area (Å²) in [7, 11) is 0. The van der Waals surface area contributed by atoms with Gasteiger partial charge in [0.2, 0.25) is 11.6 Å². The summed E-state index contributed by atoms with van der Waals surface area (Å²) in [6, 6.07) is 5.37. The fourth-order valence-corrected chi connectivity index (χ4v) is 1.75.